The molecule has 0 aromatic carbocycles. The molecule has 0 N–H and O–H groups in total. The van der Waals surface area contributed by atoms with Gasteiger partial charge < -0.3 is 9.80 Å². The normalized spacial score (nSPS) is 16.0. The lowest BCUT2D eigenvalue weighted by atomic mass is 10.3. The number of rotatable bonds is 2. The molecule has 3 aromatic rings. The van der Waals surface area contributed by atoms with Crippen LogP contribution in [0.1, 0.15) is 22.6 Å². The van der Waals surface area contributed by atoms with Gasteiger partial charge in [-0.25, -0.2) is 0 Å². The molecule has 142 valence electrons. The number of hydrogen-bond donors (Lipinski definition) is 0. The highest BCUT2D eigenvalue weighted by Crippen LogP contribution is 2.28. The summed E-state index contributed by atoms with van der Waals surface area (Å²) >= 11 is 1.47. The van der Waals surface area contributed by atoms with Gasteiger partial charge in [-0.15, -0.1) is 15.3 Å². The molecule has 0 spiro atoms. The van der Waals surface area contributed by atoms with Crippen LogP contribution in [0.4, 0.5) is 19.0 Å². The van der Waals surface area contributed by atoms with Crippen molar-refractivity contribution >= 4 is 28.7 Å². The van der Waals surface area contributed by atoms with Crippen LogP contribution in [0.15, 0.2) is 29.0 Å². The van der Waals surface area contributed by atoms with E-state index in [2.05, 4.69) is 15.3 Å². The minimum absolute atomic E-state index is 0.0281. The van der Waals surface area contributed by atoms with E-state index in [0.29, 0.717) is 48.5 Å². The first-order valence-electron chi connectivity index (χ1n) is 8.29. The zero-order chi connectivity index (χ0) is 19.0. The van der Waals surface area contributed by atoms with Gasteiger partial charge in [0.15, 0.2) is 5.65 Å². The SMILES string of the molecule is O=C(c1ccsc1)N1CCCN(c2ccc3nnc(C(F)(F)F)n3n2)CC1. The first-order chi connectivity index (χ1) is 12.9. The summed E-state index contributed by atoms with van der Waals surface area (Å²) in [5, 5.41) is 14.5. The van der Waals surface area contributed by atoms with E-state index in [1.165, 1.54) is 17.4 Å². The van der Waals surface area contributed by atoms with Crippen LogP contribution in [0, 0.1) is 0 Å². The zero-order valence-electron chi connectivity index (χ0n) is 14.1. The van der Waals surface area contributed by atoms with Crippen LogP contribution in [0.3, 0.4) is 0 Å². The number of amides is 1. The van der Waals surface area contributed by atoms with Crippen LogP contribution in [0.2, 0.25) is 0 Å². The van der Waals surface area contributed by atoms with Gasteiger partial charge >= 0.3 is 6.18 Å². The van der Waals surface area contributed by atoms with Gasteiger partial charge in [-0.05, 0) is 30.0 Å². The monoisotopic (exact) mass is 396 g/mol. The van der Waals surface area contributed by atoms with Crippen LogP contribution in [0.5, 0.6) is 0 Å². The smallest absolute Gasteiger partial charge is 0.353 e. The average molecular weight is 396 g/mol. The van der Waals surface area contributed by atoms with E-state index in [4.69, 9.17) is 0 Å². The van der Waals surface area contributed by atoms with E-state index >= 15 is 0 Å². The lowest BCUT2D eigenvalue weighted by molar-refractivity contribution is -0.146. The van der Waals surface area contributed by atoms with Crippen molar-refractivity contribution in [2.24, 2.45) is 0 Å². The van der Waals surface area contributed by atoms with Gasteiger partial charge in [0.05, 0.1) is 5.56 Å². The molecule has 0 atom stereocenters. The highest BCUT2D eigenvalue weighted by Gasteiger charge is 2.37. The summed E-state index contributed by atoms with van der Waals surface area (Å²) in [5.74, 6) is -0.777. The molecule has 1 fully saturated rings. The number of halogens is 3. The molecule has 0 unspecified atom stereocenters. The molecule has 1 aliphatic heterocycles. The largest absolute Gasteiger partial charge is 0.453 e. The number of carbonyl (C=O) groups is 1. The predicted molar refractivity (Wildman–Crippen MR) is 92.8 cm³/mol. The number of aromatic nitrogens is 4. The first kappa shape index (κ1) is 17.7. The predicted octanol–water partition coefficient (Wildman–Crippen LogP) is 2.56. The molecule has 1 saturated heterocycles. The van der Waals surface area contributed by atoms with Crippen LogP contribution in [0.25, 0.3) is 5.65 Å². The highest BCUT2D eigenvalue weighted by atomic mass is 32.1. The molecule has 0 saturated carbocycles. The van der Waals surface area contributed by atoms with Crippen molar-refractivity contribution in [3.8, 4) is 0 Å². The molecule has 0 aliphatic carbocycles. The van der Waals surface area contributed by atoms with Crippen LogP contribution < -0.4 is 4.90 Å². The van der Waals surface area contributed by atoms with Crippen molar-refractivity contribution in [1.29, 1.82) is 0 Å². The van der Waals surface area contributed by atoms with Crippen LogP contribution in [-0.2, 0) is 6.18 Å². The minimum Gasteiger partial charge on any atom is -0.353 e. The number of thiophene rings is 1. The second-order valence-electron chi connectivity index (χ2n) is 6.13. The van der Waals surface area contributed by atoms with Gasteiger partial charge in [0.1, 0.15) is 5.82 Å². The van der Waals surface area contributed by atoms with Gasteiger partial charge in [0, 0.05) is 31.6 Å². The van der Waals surface area contributed by atoms with Gasteiger partial charge in [0.25, 0.3) is 11.7 Å². The molecule has 1 amide bonds. The molecule has 27 heavy (non-hydrogen) atoms. The molecule has 1 aliphatic rings. The number of anilines is 1. The number of carbonyl (C=O) groups excluding carboxylic acids is 1. The summed E-state index contributed by atoms with van der Waals surface area (Å²) in [6.45, 7) is 2.14. The Balaban J connectivity index is 1.55. The molecular weight excluding hydrogens is 381 g/mol. The molecule has 4 rings (SSSR count). The lowest BCUT2D eigenvalue weighted by Crippen LogP contribution is -2.35. The Morgan fingerprint density at radius 3 is 2.67 bits per heavy atom. The Labute approximate surface area is 156 Å². The lowest BCUT2D eigenvalue weighted by Gasteiger charge is -2.22. The van der Waals surface area contributed by atoms with Gasteiger partial charge in [-0.2, -0.15) is 29.0 Å². The van der Waals surface area contributed by atoms with Crippen molar-refractivity contribution in [3.05, 3.63) is 40.3 Å². The van der Waals surface area contributed by atoms with Gasteiger partial charge in [0.2, 0.25) is 0 Å². The summed E-state index contributed by atoms with van der Waals surface area (Å²) < 4.78 is 39.9. The second-order valence-corrected chi connectivity index (χ2v) is 6.91. The van der Waals surface area contributed by atoms with Crippen molar-refractivity contribution in [3.63, 3.8) is 0 Å². The highest BCUT2D eigenvalue weighted by molar-refractivity contribution is 7.08. The standard InChI is InChI=1S/C16H15F3N6OS/c17-16(18,19)15-21-20-12-2-3-13(22-25(12)15)23-5-1-6-24(8-7-23)14(26)11-4-9-27-10-11/h2-4,9-10H,1,5-8H2. The fourth-order valence-corrected chi connectivity index (χ4v) is 3.67. The van der Waals surface area contributed by atoms with E-state index in [1.54, 1.807) is 17.0 Å². The molecule has 7 nitrogen and oxygen atoms in total. The number of hydrogen-bond acceptors (Lipinski definition) is 6. The fraction of sp³-hybridized carbons (Fsp3) is 0.375. The maximum atomic E-state index is 13.0. The maximum Gasteiger partial charge on any atom is 0.453 e. The Morgan fingerprint density at radius 1 is 1.07 bits per heavy atom. The van der Waals surface area contributed by atoms with E-state index < -0.39 is 12.0 Å². The Hall–Kier alpha value is -2.69. The molecule has 3 aromatic heterocycles. The number of nitrogens with zero attached hydrogens (tertiary/aromatic N) is 6. The van der Waals surface area contributed by atoms with Crippen LogP contribution in [-0.4, -0.2) is 56.8 Å². The topological polar surface area (TPSA) is 66.6 Å². The molecule has 0 radical (unpaired) electrons. The van der Waals surface area contributed by atoms with E-state index in [-0.39, 0.29) is 11.6 Å². The van der Waals surface area contributed by atoms with Gasteiger partial charge in [-0.1, -0.05) is 0 Å². The Morgan fingerprint density at radius 2 is 1.93 bits per heavy atom. The summed E-state index contributed by atoms with van der Waals surface area (Å²) in [7, 11) is 0. The van der Waals surface area contributed by atoms with E-state index in [1.807, 2.05) is 15.7 Å². The third kappa shape index (κ3) is 3.46. The molecular formula is C16H15F3N6OS. The summed E-state index contributed by atoms with van der Waals surface area (Å²) in [6, 6.07) is 4.88. The van der Waals surface area contributed by atoms with Gasteiger partial charge in [-0.3, -0.25) is 4.79 Å². The second kappa shape index (κ2) is 6.80. The summed E-state index contributed by atoms with van der Waals surface area (Å²) in [5.41, 5.74) is 0.697. The van der Waals surface area contributed by atoms with Crippen LogP contribution >= 0.6 is 11.3 Å². The Bertz CT molecular complexity index is 955. The van der Waals surface area contributed by atoms with Crippen molar-refractivity contribution < 1.29 is 18.0 Å². The minimum atomic E-state index is -4.63. The summed E-state index contributed by atoms with van der Waals surface area (Å²) in [4.78, 5) is 16.1. The quantitative estimate of drug-likeness (QED) is 0.666. The zero-order valence-corrected chi connectivity index (χ0v) is 14.9. The van der Waals surface area contributed by atoms with Crippen molar-refractivity contribution in [2.75, 3.05) is 31.1 Å². The number of fused-ring (bicyclic) bond motifs is 1. The number of alkyl halides is 3. The van der Waals surface area contributed by atoms with E-state index in [0.717, 1.165) is 0 Å². The maximum absolute atomic E-state index is 13.0. The third-order valence-electron chi connectivity index (χ3n) is 4.38. The average Bonchev–Trinajstić information content (AvgIpc) is 3.25. The van der Waals surface area contributed by atoms with Crippen molar-refractivity contribution in [2.45, 2.75) is 12.6 Å². The Kier molecular flexibility index (Phi) is 4.46. The fourth-order valence-electron chi connectivity index (χ4n) is 3.04. The van der Waals surface area contributed by atoms with E-state index in [9.17, 15) is 18.0 Å². The third-order valence-corrected chi connectivity index (χ3v) is 5.06. The summed E-state index contributed by atoms with van der Waals surface area (Å²) in [6.07, 6.45) is -3.93. The first-order valence-corrected chi connectivity index (χ1v) is 9.24. The molecule has 0 bridgehead atoms. The molecule has 11 heteroatoms. The van der Waals surface area contributed by atoms with Crippen molar-refractivity contribution in [1.82, 2.24) is 24.7 Å². The molecule has 4 heterocycles.